The van der Waals surface area contributed by atoms with Crippen LogP contribution in [-0.2, 0) is 29.4 Å². The Balaban J connectivity index is 1.51. The second-order valence-electron chi connectivity index (χ2n) is 8.88. The molecular formula is C23H25ClN4O3S. The summed E-state index contributed by atoms with van der Waals surface area (Å²) in [7, 11) is -1.52. The largest absolute Gasteiger partial charge is 0.358 e. The topological polar surface area (TPSA) is 88.3 Å². The number of hydrogen-bond donors (Lipinski definition) is 1. The number of aromatic nitrogens is 2. The number of rotatable bonds is 4. The molecule has 0 aliphatic carbocycles. The summed E-state index contributed by atoms with van der Waals surface area (Å²) in [6.07, 6.45) is 2.22. The molecule has 1 amide bonds. The highest BCUT2D eigenvalue weighted by Crippen LogP contribution is 2.30. The lowest BCUT2D eigenvalue weighted by Crippen LogP contribution is -2.36. The Morgan fingerprint density at radius 3 is 2.66 bits per heavy atom. The first-order valence-corrected chi connectivity index (χ1v) is 11.8. The van der Waals surface area contributed by atoms with Gasteiger partial charge in [0.05, 0.1) is 10.5 Å². The lowest BCUT2D eigenvalue weighted by molar-refractivity contribution is 0.0734. The molecule has 2 aromatic heterocycles. The smallest absolute Gasteiger partial charge is 0.255 e. The summed E-state index contributed by atoms with van der Waals surface area (Å²) >= 11 is 5.83. The van der Waals surface area contributed by atoms with E-state index in [-0.39, 0.29) is 11.3 Å². The van der Waals surface area contributed by atoms with E-state index >= 15 is 0 Å². The van der Waals surface area contributed by atoms with Crippen molar-refractivity contribution in [2.45, 2.75) is 51.0 Å². The highest BCUT2D eigenvalue weighted by atomic mass is 35.5. The van der Waals surface area contributed by atoms with Crippen molar-refractivity contribution in [1.29, 1.82) is 0 Å². The van der Waals surface area contributed by atoms with E-state index in [0.29, 0.717) is 34.5 Å². The van der Waals surface area contributed by atoms with Crippen LogP contribution < -0.4 is 4.72 Å². The minimum atomic E-state index is -1.52. The van der Waals surface area contributed by atoms with Crippen LogP contribution >= 0.6 is 11.6 Å². The second kappa shape index (κ2) is 8.67. The molecule has 1 N–H and O–H groups in total. The van der Waals surface area contributed by atoms with E-state index in [9.17, 15) is 9.00 Å². The molecule has 9 heteroatoms. The fourth-order valence-electron chi connectivity index (χ4n) is 3.78. The number of hydrogen-bond acceptors (Lipinski definition) is 5. The Hall–Kier alpha value is -2.71. The highest BCUT2D eigenvalue weighted by molar-refractivity contribution is 7.86. The zero-order valence-corrected chi connectivity index (χ0v) is 20.0. The number of fused-ring (bicyclic) bond motifs is 1. The average Bonchev–Trinajstić information content (AvgIpc) is 3.13. The number of anilines is 1. The molecule has 0 radical (unpaired) electrons. The molecule has 7 nitrogen and oxygen atoms in total. The van der Waals surface area contributed by atoms with E-state index in [1.54, 1.807) is 17.0 Å². The van der Waals surface area contributed by atoms with Gasteiger partial charge in [-0.15, -0.1) is 0 Å². The normalized spacial score (nSPS) is 14.7. The molecule has 1 unspecified atom stereocenters. The quantitative estimate of drug-likeness (QED) is 0.558. The maximum atomic E-state index is 13.0. The number of carbonyl (C=O) groups excluding carboxylic acids is 1. The van der Waals surface area contributed by atoms with Crippen molar-refractivity contribution in [3.63, 3.8) is 0 Å². The summed E-state index contributed by atoms with van der Waals surface area (Å²) in [5.41, 5.74) is 3.27. The summed E-state index contributed by atoms with van der Waals surface area (Å²) in [6, 6.07) is 9.00. The van der Waals surface area contributed by atoms with Crippen molar-refractivity contribution >= 4 is 34.3 Å². The Morgan fingerprint density at radius 1 is 1.22 bits per heavy atom. The van der Waals surface area contributed by atoms with Crippen molar-refractivity contribution in [2.24, 2.45) is 0 Å². The zero-order chi connectivity index (χ0) is 23.0. The van der Waals surface area contributed by atoms with Crippen LogP contribution in [-0.4, -0.2) is 31.7 Å². The Kier molecular flexibility index (Phi) is 6.09. The van der Waals surface area contributed by atoms with E-state index in [1.807, 2.05) is 45.9 Å². The molecule has 0 fully saturated rings. The van der Waals surface area contributed by atoms with E-state index in [2.05, 4.69) is 14.9 Å². The summed E-state index contributed by atoms with van der Waals surface area (Å²) in [5.74, 6) is 1.13. The van der Waals surface area contributed by atoms with Gasteiger partial charge in [-0.05, 0) is 48.7 Å². The van der Waals surface area contributed by atoms with E-state index in [4.69, 9.17) is 16.1 Å². The Bertz CT molecular complexity index is 1180. The van der Waals surface area contributed by atoms with E-state index < -0.39 is 11.0 Å². The molecule has 3 heterocycles. The van der Waals surface area contributed by atoms with E-state index in [1.165, 1.54) is 6.20 Å². The summed E-state index contributed by atoms with van der Waals surface area (Å²) < 4.78 is 21.4. The first kappa shape index (κ1) is 22.5. The summed E-state index contributed by atoms with van der Waals surface area (Å²) in [5, 5.41) is 4.41. The monoisotopic (exact) mass is 472 g/mol. The van der Waals surface area contributed by atoms with Gasteiger partial charge in [-0.25, -0.2) is 9.19 Å². The second-order valence-corrected chi connectivity index (χ2v) is 10.5. The van der Waals surface area contributed by atoms with Crippen molar-refractivity contribution in [1.82, 2.24) is 15.0 Å². The van der Waals surface area contributed by atoms with Gasteiger partial charge in [-0.3, -0.25) is 9.52 Å². The molecular weight excluding hydrogens is 448 g/mol. The molecule has 0 spiro atoms. The fourth-order valence-corrected chi connectivity index (χ4v) is 4.82. The van der Waals surface area contributed by atoms with Gasteiger partial charge in [0.2, 0.25) is 0 Å². The van der Waals surface area contributed by atoms with Crippen LogP contribution in [0.1, 0.15) is 53.6 Å². The first-order valence-electron chi connectivity index (χ1n) is 10.3. The minimum Gasteiger partial charge on any atom is -0.358 e. The van der Waals surface area contributed by atoms with Crippen LogP contribution in [0.5, 0.6) is 0 Å². The molecule has 1 aliphatic rings. The predicted octanol–water partition coefficient (Wildman–Crippen LogP) is 4.66. The number of carbonyl (C=O) groups is 1. The average molecular weight is 473 g/mol. The van der Waals surface area contributed by atoms with Crippen LogP contribution in [0.4, 0.5) is 5.82 Å². The molecule has 0 bridgehead atoms. The van der Waals surface area contributed by atoms with Gasteiger partial charge in [0.1, 0.15) is 10.9 Å². The van der Waals surface area contributed by atoms with Gasteiger partial charge in [0.25, 0.3) is 5.91 Å². The summed E-state index contributed by atoms with van der Waals surface area (Å²) in [6.45, 7) is 9.08. The number of pyridine rings is 1. The van der Waals surface area contributed by atoms with Crippen LogP contribution in [0, 0.1) is 6.92 Å². The molecule has 1 aliphatic heterocycles. The SMILES string of the molecule is Cc1c(NS(=O)c2ccc3c(c2)CN(C(=O)c2ccc(Cl)nc2)CC3)noc1C(C)(C)C. The molecule has 0 saturated heterocycles. The van der Waals surface area contributed by atoms with Crippen LogP contribution in [0.2, 0.25) is 5.15 Å². The molecule has 1 aromatic carbocycles. The van der Waals surface area contributed by atoms with Crippen molar-refractivity contribution in [3.05, 3.63) is 69.7 Å². The third-order valence-electron chi connectivity index (χ3n) is 5.46. The fraction of sp³-hybridized carbons (Fsp3) is 0.348. The first-order chi connectivity index (χ1) is 15.1. The van der Waals surface area contributed by atoms with Crippen molar-refractivity contribution in [3.8, 4) is 0 Å². The van der Waals surface area contributed by atoms with Gasteiger partial charge < -0.3 is 9.42 Å². The zero-order valence-electron chi connectivity index (χ0n) is 18.4. The van der Waals surface area contributed by atoms with Crippen molar-refractivity contribution in [2.75, 3.05) is 11.3 Å². The molecule has 3 aromatic rings. The molecule has 32 heavy (non-hydrogen) atoms. The number of nitrogens with zero attached hydrogens (tertiary/aromatic N) is 3. The number of nitrogens with one attached hydrogen (secondary N) is 1. The Morgan fingerprint density at radius 2 is 2.00 bits per heavy atom. The van der Waals surface area contributed by atoms with Gasteiger partial charge in [-0.1, -0.05) is 43.6 Å². The van der Waals surface area contributed by atoms with Crippen LogP contribution in [0.25, 0.3) is 0 Å². The van der Waals surface area contributed by atoms with Gasteiger partial charge in [0, 0.05) is 30.3 Å². The standard InChI is InChI=1S/C23H25ClN4O3S/c1-14-20(23(2,3)4)31-26-21(14)27-32(30)18-7-5-15-9-10-28(13-17(15)11-18)22(29)16-6-8-19(24)25-12-16/h5-8,11-12H,9-10,13H2,1-4H3,(H,26,27). The van der Waals surface area contributed by atoms with Crippen LogP contribution in [0.15, 0.2) is 45.9 Å². The third-order valence-corrected chi connectivity index (χ3v) is 6.74. The van der Waals surface area contributed by atoms with Crippen LogP contribution in [0.3, 0.4) is 0 Å². The summed E-state index contributed by atoms with van der Waals surface area (Å²) in [4.78, 5) is 19.2. The predicted molar refractivity (Wildman–Crippen MR) is 124 cm³/mol. The number of benzene rings is 1. The number of amides is 1. The highest BCUT2D eigenvalue weighted by Gasteiger charge is 2.26. The van der Waals surface area contributed by atoms with Gasteiger partial charge >= 0.3 is 0 Å². The van der Waals surface area contributed by atoms with Gasteiger partial charge in [0.15, 0.2) is 16.8 Å². The third kappa shape index (κ3) is 4.56. The maximum absolute atomic E-state index is 13.0. The van der Waals surface area contributed by atoms with Crippen molar-refractivity contribution < 1.29 is 13.5 Å². The Labute approximate surface area is 194 Å². The number of halogens is 1. The molecule has 1 atom stereocenters. The lowest BCUT2D eigenvalue weighted by Gasteiger charge is -2.29. The maximum Gasteiger partial charge on any atom is 0.255 e. The minimum absolute atomic E-state index is 0.0996. The lowest BCUT2D eigenvalue weighted by atomic mass is 9.91. The molecule has 4 rings (SSSR count). The van der Waals surface area contributed by atoms with Gasteiger partial charge in [-0.2, -0.15) is 0 Å². The van der Waals surface area contributed by atoms with E-state index in [0.717, 1.165) is 28.9 Å². The molecule has 168 valence electrons. The molecule has 0 saturated carbocycles.